The Hall–Kier alpha value is -1.82. The Bertz CT molecular complexity index is 556. The fraction of sp³-hybridized carbons (Fsp3) is 0.231. The normalized spacial score (nSPS) is 12.9. The number of carbonyl (C=O) groups is 2. The molecule has 1 aromatic heterocycles. The molecule has 1 rings (SSSR count). The first-order valence-corrected chi connectivity index (χ1v) is 6.19. The van der Waals surface area contributed by atoms with Gasteiger partial charge in [-0.25, -0.2) is 13.6 Å². The molecule has 0 atom stereocenters. The van der Waals surface area contributed by atoms with Crippen molar-refractivity contribution in [3.05, 3.63) is 39.6 Å². The second-order valence-corrected chi connectivity index (χ2v) is 4.79. The van der Waals surface area contributed by atoms with Gasteiger partial charge in [0.1, 0.15) is 0 Å². The van der Waals surface area contributed by atoms with Gasteiger partial charge in [-0.3, -0.25) is 4.79 Å². The minimum Gasteiger partial charge on any atom is -0.478 e. The van der Waals surface area contributed by atoms with Gasteiger partial charge in [-0.05, 0) is 37.6 Å². The zero-order valence-corrected chi connectivity index (χ0v) is 11.1. The number of ketones is 1. The van der Waals surface area contributed by atoms with E-state index in [0.717, 1.165) is 11.3 Å². The molecule has 0 bridgehead atoms. The summed E-state index contributed by atoms with van der Waals surface area (Å²) >= 11 is 0.920. The standard InChI is InChI=1S/C13H12F2O3S/c1-3-8(6-7(2)13(17)18)9-4-5-10(19-9)11(16)12(14)15/h3-6,12H,1-2H3,(H,17,18)/b7-6+,8-3+. The van der Waals surface area contributed by atoms with E-state index in [1.165, 1.54) is 25.1 Å². The van der Waals surface area contributed by atoms with Crippen LogP contribution >= 0.6 is 11.3 Å². The maximum Gasteiger partial charge on any atom is 0.331 e. The highest BCUT2D eigenvalue weighted by molar-refractivity contribution is 7.15. The van der Waals surface area contributed by atoms with E-state index in [2.05, 4.69) is 0 Å². The van der Waals surface area contributed by atoms with E-state index in [9.17, 15) is 18.4 Å². The third-order valence-electron chi connectivity index (χ3n) is 2.35. The van der Waals surface area contributed by atoms with Crippen LogP contribution in [0.3, 0.4) is 0 Å². The molecule has 0 aliphatic carbocycles. The molecule has 0 radical (unpaired) electrons. The van der Waals surface area contributed by atoms with Crippen molar-refractivity contribution in [3.8, 4) is 0 Å². The van der Waals surface area contributed by atoms with Crippen LogP contribution in [0.15, 0.2) is 29.9 Å². The van der Waals surface area contributed by atoms with Crippen LogP contribution in [-0.2, 0) is 4.79 Å². The number of allylic oxidation sites excluding steroid dienone is 3. The molecule has 0 amide bonds. The van der Waals surface area contributed by atoms with Crippen LogP contribution in [0.1, 0.15) is 28.4 Å². The summed E-state index contributed by atoms with van der Waals surface area (Å²) in [5, 5.41) is 8.79. The van der Waals surface area contributed by atoms with Crippen molar-refractivity contribution in [2.45, 2.75) is 20.3 Å². The third-order valence-corrected chi connectivity index (χ3v) is 3.50. The van der Waals surface area contributed by atoms with E-state index in [0.29, 0.717) is 10.5 Å². The Balaban J connectivity index is 3.06. The second kappa shape index (κ2) is 6.38. The average Bonchev–Trinajstić information content (AvgIpc) is 2.83. The van der Waals surface area contributed by atoms with Gasteiger partial charge in [-0.1, -0.05) is 6.08 Å². The van der Waals surface area contributed by atoms with Gasteiger partial charge in [-0.2, -0.15) is 0 Å². The molecule has 3 nitrogen and oxygen atoms in total. The van der Waals surface area contributed by atoms with Gasteiger partial charge in [0.2, 0.25) is 5.78 Å². The molecular formula is C13H12F2O3S. The summed E-state index contributed by atoms with van der Waals surface area (Å²) in [6.07, 6.45) is 0.0662. The molecule has 0 saturated heterocycles. The van der Waals surface area contributed by atoms with Gasteiger partial charge >= 0.3 is 12.4 Å². The van der Waals surface area contributed by atoms with Crippen LogP contribution in [0.5, 0.6) is 0 Å². The molecule has 0 unspecified atom stereocenters. The number of alkyl halides is 2. The van der Waals surface area contributed by atoms with Gasteiger partial charge in [-0.15, -0.1) is 11.3 Å². The largest absolute Gasteiger partial charge is 0.478 e. The van der Waals surface area contributed by atoms with Gasteiger partial charge < -0.3 is 5.11 Å². The minimum absolute atomic E-state index is 0.0364. The first kappa shape index (κ1) is 15.2. The highest BCUT2D eigenvalue weighted by Gasteiger charge is 2.20. The average molecular weight is 286 g/mol. The number of carbonyl (C=O) groups excluding carboxylic acids is 1. The quantitative estimate of drug-likeness (QED) is 0.511. The lowest BCUT2D eigenvalue weighted by atomic mass is 10.1. The highest BCUT2D eigenvalue weighted by atomic mass is 32.1. The molecule has 1 N–H and O–H groups in total. The Labute approximate surface area is 112 Å². The van der Waals surface area contributed by atoms with Crippen molar-refractivity contribution in [2.24, 2.45) is 0 Å². The number of thiophene rings is 1. The molecule has 0 aliphatic heterocycles. The lowest BCUT2D eigenvalue weighted by Crippen LogP contribution is -2.07. The van der Waals surface area contributed by atoms with Gasteiger partial charge in [0, 0.05) is 10.5 Å². The Morgan fingerprint density at radius 2 is 1.89 bits per heavy atom. The molecule has 102 valence electrons. The summed E-state index contributed by atoms with van der Waals surface area (Å²) in [7, 11) is 0. The van der Waals surface area contributed by atoms with Crippen LogP contribution in [0.25, 0.3) is 5.57 Å². The van der Waals surface area contributed by atoms with Crippen LogP contribution in [0.4, 0.5) is 8.78 Å². The monoisotopic (exact) mass is 286 g/mol. The Morgan fingerprint density at radius 1 is 1.32 bits per heavy atom. The van der Waals surface area contributed by atoms with E-state index in [1.807, 2.05) is 0 Å². The van der Waals surface area contributed by atoms with Crippen LogP contribution in [-0.4, -0.2) is 23.3 Å². The van der Waals surface area contributed by atoms with Crippen molar-refractivity contribution < 1.29 is 23.5 Å². The van der Waals surface area contributed by atoms with E-state index < -0.39 is 18.2 Å². The fourth-order valence-electron chi connectivity index (χ4n) is 1.32. The van der Waals surface area contributed by atoms with Gasteiger partial charge in [0.15, 0.2) is 0 Å². The molecule has 19 heavy (non-hydrogen) atoms. The predicted octanol–water partition coefficient (Wildman–Crippen LogP) is 3.63. The Kier molecular flexibility index (Phi) is 5.11. The summed E-state index contributed by atoms with van der Waals surface area (Å²) in [4.78, 5) is 22.4. The molecule has 6 heteroatoms. The van der Waals surface area contributed by atoms with Crippen LogP contribution < -0.4 is 0 Å². The van der Waals surface area contributed by atoms with Crippen LogP contribution in [0.2, 0.25) is 0 Å². The summed E-state index contributed by atoms with van der Waals surface area (Å²) in [6, 6.07) is 2.85. The Morgan fingerprint density at radius 3 is 2.37 bits per heavy atom. The van der Waals surface area contributed by atoms with Gasteiger partial charge in [0.05, 0.1) is 4.88 Å². The number of hydrogen-bond acceptors (Lipinski definition) is 3. The summed E-state index contributed by atoms with van der Waals surface area (Å²) in [5.74, 6) is -2.27. The fourth-order valence-corrected chi connectivity index (χ4v) is 2.32. The van der Waals surface area contributed by atoms with Crippen molar-refractivity contribution in [3.63, 3.8) is 0 Å². The van der Waals surface area contributed by atoms with E-state index in [4.69, 9.17) is 5.11 Å². The maximum absolute atomic E-state index is 12.3. The third kappa shape index (κ3) is 3.82. The number of carboxylic acids is 1. The van der Waals surface area contributed by atoms with Crippen molar-refractivity contribution in [1.29, 1.82) is 0 Å². The maximum atomic E-state index is 12.3. The lowest BCUT2D eigenvalue weighted by molar-refractivity contribution is -0.132. The number of hydrogen-bond donors (Lipinski definition) is 1. The van der Waals surface area contributed by atoms with E-state index in [-0.39, 0.29) is 10.5 Å². The molecule has 0 aliphatic rings. The second-order valence-electron chi connectivity index (χ2n) is 3.71. The highest BCUT2D eigenvalue weighted by Crippen LogP contribution is 2.27. The molecule has 0 fully saturated rings. The first-order chi connectivity index (χ1) is 8.86. The topological polar surface area (TPSA) is 54.4 Å². The molecule has 0 saturated carbocycles. The smallest absolute Gasteiger partial charge is 0.331 e. The van der Waals surface area contributed by atoms with Crippen LogP contribution in [0, 0.1) is 0 Å². The zero-order chi connectivity index (χ0) is 14.6. The molecule has 0 spiro atoms. The molecule has 1 aromatic rings. The number of carboxylic acid groups (broad SMARTS) is 1. The van der Waals surface area contributed by atoms with E-state index >= 15 is 0 Å². The van der Waals surface area contributed by atoms with Crippen molar-refractivity contribution in [1.82, 2.24) is 0 Å². The molecular weight excluding hydrogens is 274 g/mol. The number of Topliss-reactive ketones (excluding diaryl/α,β-unsaturated/α-hetero) is 1. The lowest BCUT2D eigenvalue weighted by Gasteiger charge is -1.99. The number of halogens is 2. The summed E-state index contributed by atoms with van der Waals surface area (Å²) < 4.78 is 24.6. The van der Waals surface area contributed by atoms with Crippen molar-refractivity contribution >= 4 is 28.7 Å². The zero-order valence-electron chi connectivity index (χ0n) is 10.3. The molecule has 0 aromatic carbocycles. The molecule has 1 heterocycles. The predicted molar refractivity (Wildman–Crippen MR) is 69.7 cm³/mol. The minimum atomic E-state index is -3.03. The van der Waals surface area contributed by atoms with Crippen molar-refractivity contribution in [2.75, 3.05) is 0 Å². The van der Waals surface area contributed by atoms with E-state index in [1.54, 1.807) is 13.0 Å². The SMILES string of the molecule is C/C=C(\C=C(/C)C(=O)O)c1ccc(C(=O)C(F)F)s1. The number of rotatable bonds is 5. The first-order valence-electron chi connectivity index (χ1n) is 5.37. The van der Waals surface area contributed by atoms with Gasteiger partial charge in [0.25, 0.3) is 0 Å². The summed E-state index contributed by atoms with van der Waals surface area (Å²) in [5.41, 5.74) is 0.710. The number of aliphatic carboxylic acids is 1. The summed E-state index contributed by atoms with van der Waals surface area (Å²) in [6.45, 7) is 3.14.